The minimum absolute atomic E-state index is 0.199. The van der Waals surface area contributed by atoms with Gasteiger partial charge in [0.1, 0.15) is 5.82 Å². The summed E-state index contributed by atoms with van der Waals surface area (Å²) in [4.78, 5) is 24.9. The summed E-state index contributed by atoms with van der Waals surface area (Å²) < 4.78 is 5.42. The highest BCUT2D eigenvalue weighted by atomic mass is 16.5. The number of nitrogens with zero attached hydrogens (tertiary/aromatic N) is 4. The molecule has 1 amide bonds. The highest BCUT2D eigenvalue weighted by Crippen LogP contribution is 2.28. The SMILES string of the molecule is Nc1nc(-c2ccc(CN3C[C@@H]4CC(=O)N[C@@H]4C3)cc2)cc(N2CCOCC2)n1. The molecular formula is C21H26N6O2. The molecule has 0 saturated carbocycles. The van der Waals surface area contributed by atoms with E-state index in [-0.39, 0.29) is 5.91 Å². The van der Waals surface area contributed by atoms with E-state index in [0.717, 1.165) is 49.8 Å². The average Bonchev–Trinajstić information content (AvgIpc) is 3.25. The first-order valence-corrected chi connectivity index (χ1v) is 10.2. The minimum atomic E-state index is 0.199. The minimum Gasteiger partial charge on any atom is -0.378 e. The molecule has 152 valence electrons. The van der Waals surface area contributed by atoms with Crippen molar-refractivity contribution >= 4 is 17.7 Å². The first-order valence-electron chi connectivity index (χ1n) is 10.2. The van der Waals surface area contributed by atoms with Gasteiger partial charge in [-0.05, 0) is 5.56 Å². The van der Waals surface area contributed by atoms with Crippen molar-refractivity contribution in [1.82, 2.24) is 20.2 Å². The van der Waals surface area contributed by atoms with Crippen molar-refractivity contribution in [2.24, 2.45) is 5.92 Å². The maximum Gasteiger partial charge on any atom is 0.222 e. The van der Waals surface area contributed by atoms with Gasteiger partial charge in [0.15, 0.2) is 0 Å². The second-order valence-corrected chi connectivity index (χ2v) is 8.10. The third kappa shape index (κ3) is 3.90. The molecule has 0 bridgehead atoms. The van der Waals surface area contributed by atoms with Crippen LogP contribution in [-0.2, 0) is 16.1 Å². The Hall–Kier alpha value is -2.71. The van der Waals surface area contributed by atoms with Gasteiger partial charge in [-0.1, -0.05) is 24.3 Å². The summed E-state index contributed by atoms with van der Waals surface area (Å²) in [7, 11) is 0. The van der Waals surface area contributed by atoms with Gasteiger partial charge >= 0.3 is 0 Å². The van der Waals surface area contributed by atoms with Crippen molar-refractivity contribution in [1.29, 1.82) is 0 Å². The number of fused-ring (bicyclic) bond motifs is 1. The van der Waals surface area contributed by atoms with E-state index in [4.69, 9.17) is 10.5 Å². The van der Waals surface area contributed by atoms with Crippen molar-refractivity contribution < 1.29 is 9.53 Å². The lowest BCUT2D eigenvalue weighted by atomic mass is 10.1. The van der Waals surface area contributed by atoms with Crippen LogP contribution in [0.5, 0.6) is 0 Å². The fourth-order valence-corrected chi connectivity index (χ4v) is 4.56. The number of likely N-dealkylation sites (tertiary alicyclic amines) is 1. The predicted molar refractivity (Wildman–Crippen MR) is 110 cm³/mol. The molecule has 3 aliphatic heterocycles. The lowest BCUT2D eigenvalue weighted by Crippen LogP contribution is -2.36. The molecule has 0 spiro atoms. The van der Waals surface area contributed by atoms with Crippen molar-refractivity contribution in [3.63, 3.8) is 0 Å². The Kier molecular flexibility index (Phi) is 4.81. The molecule has 0 radical (unpaired) electrons. The number of nitrogens with one attached hydrogen (secondary N) is 1. The number of carbonyl (C=O) groups is 1. The van der Waals surface area contributed by atoms with E-state index in [1.165, 1.54) is 5.56 Å². The van der Waals surface area contributed by atoms with Crippen LogP contribution in [0.4, 0.5) is 11.8 Å². The molecule has 29 heavy (non-hydrogen) atoms. The molecule has 3 aliphatic rings. The van der Waals surface area contributed by atoms with Crippen molar-refractivity contribution in [3.05, 3.63) is 35.9 Å². The van der Waals surface area contributed by atoms with Crippen LogP contribution in [0.15, 0.2) is 30.3 Å². The Balaban J connectivity index is 1.28. The smallest absolute Gasteiger partial charge is 0.222 e. The number of nitrogens with two attached hydrogens (primary N) is 1. The van der Waals surface area contributed by atoms with E-state index in [2.05, 4.69) is 49.4 Å². The van der Waals surface area contributed by atoms with Crippen LogP contribution in [0.1, 0.15) is 12.0 Å². The van der Waals surface area contributed by atoms with Gasteiger partial charge in [0, 0.05) is 62.7 Å². The third-order valence-electron chi connectivity index (χ3n) is 6.03. The average molecular weight is 394 g/mol. The Morgan fingerprint density at radius 3 is 2.69 bits per heavy atom. The summed E-state index contributed by atoms with van der Waals surface area (Å²) in [6, 6.07) is 10.8. The molecule has 5 rings (SSSR count). The molecule has 8 nitrogen and oxygen atoms in total. The number of benzene rings is 1. The lowest BCUT2D eigenvalue weighted by Gasteiger charge is -2.28. The van der Waals surface area contributed by atoms with Gasteiger partial charge in [0.2, 0.25) is 11.9 Å². The second-order valence-electron chi connectivity index (χ2n) is 8.10. The first kappa shape index (κ1) is 18.3. The standard InChI is InChI=1S/C21H26N6O2/c22-21-24-17(10-19(25-21)27-5-7-29-8-6-27)15-3-1-14(2-4-15)11-26-12-16-9-20(28)23-18(16)13-26/h1-4,10,16,18H,5-9,11-13H2,(H,23,28)(H2,22,24,25)/t16-,18+/m0/s1. The number of carbonyl (C=O) groups excluding carboxylic acids is 1. The summed E-state index contributed by atoms with van der Waals surface area (Å²) in [6.07, 6.45) is 0.667. The normalized spacial score (nSPS) is 24.6. The maximum atomic E-state index is 11.5. The molecule has 3 N–H and O–H groups in total. The number of rotatable bonds is 4. The topological polar surface area (TPSA) is 96.6 Å². The monoisotopic (exact) mass is 394 g/mol. The highest BCUT2D eigenvalue weighted by Gasteiger charge is 2.39. The van der Waals surface area contributed by atoms with Gasteiger partial charge in [-0.25, -0.2) is 4.98 Å². The van der Waals surface area contributed by atoms with Crippen LogP contribution in [0.2, 0.25) is 0 Å². The van der Waals surface area contributed by atoms with E-state index in [1.807, 2.05) is 6.07 Å². The molecule has 0 aliphatic carbocycles. The largest absolute Gasteiger partial charge is 0.378 e. The first-order chi connectivity index (χ1) is 14.1. The van der Waals surface area contributed by atoms with E-state index in [1.54, 1.807) is 0 Å². The quantitative estimate of drug-likeness (QED) is 0.795. The number of nitrogen functional groups attached to an aromatic ring is 1. The van der Waals surface area contributed by atoms with E-state index in [0.29, 0.717) is 37.5 Å². The number of hydrogen-bond acceptors (Lipinski definition) is 7. The van der Waals surface area contributed by atoms with Crippen LogP contribution in [0, 0.1) is 5.92 Å². The summed E-state index contributed by atoms with van der Waals surface area (Å²) in [6.45, 7) is 5.85. The number of aromatic nitrogens is 2. The number of hydrogen-bond donors (Lipinski definition) is 2. The zero-order chi connectivity index (χ0) is 19.8. The van der Waals surface area contributed by atoms with Crippen LogP contribution in [0.3, 0.4) is 0 Å². The highest BCUT2D eigenvalue weighted by molar-refractivity contribution is 5.79. The zero-order valence-electron chi connectivity index (χ0n) is 16.4. The third-order valence-corrected chi connectivity index (χ3v) is 6.03. The Morgan fingerprint density at radius 1 is 1.14 bits per heavy atom. The number of morpholine rings is 1. The second kappa shape index (κ2) is 7.61. The van der Waals surface area contributed by atoms with Crippen molar-refractivity contribution in [2.45, 2.75) is 19.0 Å². The van der Waals surface area contributed by atoms with Gasteiger partial charge in [0.25, 0.3) is 0 Å². The van der Waals surface area contributed by atoms with Crippen LogP contribution in [-0.4, -0.2) is 66.2 Å². The fourth-order valence-electron chi connectivity index (χ4n) is 4.56. The van der Waals surface area contributed by atoms with Crippen LogP contribution < -0.4 is 16.0 Å². The Bertz CT molecular complexity index is 881. The number of amides is 1. The molecule has 4 heterocycles. The summed E-state index contributed by atoms with van der Waals surface area (Å²) >= 11 is 0. The Labute approximate surface area is 170 Å². The van der Waals surface area contributed by atoms with Gasteiger partial charge in [-0.15, -0.1) is 0 Å². The van der Waals surface area contributed by atoms with Crippen LogP contribution >= 0.6 is 0 Å². The fraction of sp³-hybridized carbons (Fsp3) is 0.476. The van der Waals surface area contributed by atoms with Gasteiger partial charge < -0.3 is 20.7 Å². The van der Waals surface area contributed by atoms with E-state index >= 15 is 0 Å². The van der Waals surface area contributed by atoms with Gasteiger partial charge in [-0.2, -0.15) is 4.98 Å². The maximum absolute atomic E-state index is 11.5. The molecule has 8 heteroatoms. The summed E-state index contributed by atoms with van der Waals surface area (Å²) in [5.74, 6) is 1.80. The molecule has 0 unspecified atom stereocenters. The molecular weight excluding hydrogens is 368 g/mol. The van der Waals surface area contributed by atoms with Gasteiger partial charge in [-0.3, -0.25) is 9.69 Å². The van der Waals surface area contributed by atoms with E-state index < -0.39 is 0 Å². The molecule has 1 aromatic heterocycles. The van der Waals surface area contributed by atoms with Gasteiger partial charge in [0.05, 0.1) is 18.9 Å². The van der Waals surface area contributed by atoms with E-state index in [9.17, 15) is 4.79 Å². The number of ether oxygens (including phenoxy) is 1. The van der Waals surface area contributed by atoms with Crippen molar-refractivity contribution in [2.75, 3.05) is 50.0 Å². The lowest BCUT2D eigenvalue weighted by molar-refractivity contribution is -0.119. The molecule has 2 aromatic rings. The Morgan fingerprint density at radius 2 is 1.93 bits per heavy atom. The van der Waals surface area contributed by atoms with Crippen molar-refractivity contribution in [3.8, 4) is 11.3 Å². The van der Waals surface area contributed by atoms with Crippen LogP contribution in [0.25, 0.3) is 11.3 Å². The zero-order valence-corrected chi connectivity index (χ0v) is 16.4. The molecule has 3 saturated heterocycles. The predicted octanol–water partition coefficient (Wildman–Crippen LogP) is 0.883. The summed E-state index contributed by atoms with van der Waals surface area (Å²) in [5.41, 5.74) is 9.11. The summed E-state index contributed by atoms with van der Waals surface area (Å²) in [5, 5.41) is 3.08. The number of anilines is 2. The molecule has 3 fully saturated rings. The molecule has 2 atom stereocenters. The molecule has 1 aromatic carbocycles.